The van der Waals surface area contributed by atoms with Crippen molar-refractivity contribution in [1.82, 2.24) is 0 Å². The molecule has 0 bridgehead atoms. The van der Waals surface area contributed by atoms with E-state index in [0.717, 1.165) is 29.8 Å². The van der Waals surface area contributed by atoms with E-state index in [-0.39, 0.29) is 23.2 Å². The molecule has 4 heteroatoms. The number of hydrogen-bond donors (Lipinski definition) is 0. The Hall–Kier alpha value is -0.870. The lowest BCUT2D eigenvalue weighted by atomic mass is 9.67. The van der Waals surface area contributed by atoms with Crippen molar-refractivity contribution in [1.29, 1.82) is 0 Å². The highest BCUT2D eigenvalue weighted by molar-refractivity contribution is 7.07. The molecule has 2 heterocycles. The second-order valence-electron chi connectivity index (χ2n) is 7.57. The van der Waals surface area contributed by atoms with Gasteiger partial charge < -0.3 is 9.47 Å². The van der Waals surface area contributed by atoms with Crippen molar-refractivity contribution in [3.63, 3.8) is 0 Å². The molecule has 0 radical (unpaired) electrons. The number of hydrogen-bond acceptors (Lipinski definition) is 3. The summed E-state index contributed by atoms with van der Waals surface area (Å²) >= 11 is 8.01. The lowest BCUT2D eigenvalue weighted by Gasteiger charge is -2.37. The molecule has 24 heavy (non-hydrogen) atoms. The molecular weight excluding hydrogens is 340 g/mol. The zero-order valence-corrected chi connectivity index (χ0v) is 15.7. The number of rotatable bonds is 5. The fourth-order valence-corrected chi connectivity index (χ4v) is 5.13. The Labute approximate surface area is 152 Å². The van der Waals surface area contributed by atoms with Crippen molar-refractivity contribution in [2.75, 3.05) is 0 Å². The minimum atomic E-state index is -0.149. The van der Waals surface area contributed by atoms with Gasteiger partial charge >= 0.3 is 0 Å². The molecule has 0 N–H and O–H groups in total. The molecule has 2 aliphatic rings. The second-order valence-corrected chi connectivity index (χ2v) is 8.76. The molecule has 4 rings (SSSR count). The standard InChI is InChI=1S/C20H23ClO2S/c1-19(11-14-8-10-24-13-14)9-7-17(20(2)18(19)23-20)22-12-15-5-3-4-6-16(15)21/h3-6,8,10,13,17-18H,7,9,11-12H2,1-2H3/t17-,18+,19?,20-/m1/s1. The lowest BCUT2D eigenvalue weighted by Crippen LogP contribution is -2.44. The summed E-state index contributed by atoms with van der Waals surface area (Å²) in [5.41, 5.74) is 2.53. The van der Waals surface area contributed by atoms with E-state index < -0.39 is 0 Å². The van der Waals surface area contributed by atoms with Crippen LogP contribution in [0.15, 0.2) is 41.1 Å². The first-order valence-electron chi connectivity index (χ1n) is 8.55. The van der Waals surface area contributed by atoms with Crippen LogP contribution in [0.1, 0.15) is 37.8 Å². The van der Waals surface area contributed by atoms with Gasteiger partial charge in [0.2, 0.25) is 0 Å². The highest BCUT2D eigenvalue weighted by Crippen LogP contribution is 2.58. The summed E-state index contributed by atoms with van der Waals surface area (Å²) in [7, 11) is 0. The fraction of sp³-hybridized carbons (Fsp3) is 0.500. The van der Waals surface area contributed by atoms with Crippen LogP contribution in [-0.2, 0) is 22.5 Å². The smallest absolute Gasteiger partial charge is 0.119 e. The third-order valence-corrected chi connectivity index (χ3v) is 6.77. The summed E-state index contributed by atoms with van der Waals surface area (Å²) in [6, 6.07) is 10.1. The van der Waals surface area contributed by atoms with E-state index >= 15 is 0 Å². The van der Waals surface area contributed by atoms with Crippen LogP contribution in [0.25, 0.3) is 0 Å². The van der Waals surface area contributed by atoms with Gasteiger partial charge in [-0.05, 0) is 60.2 Å². The summed E-state index contributed by atoms with van der Waals surface area (Å²) in [4.78, 5) is 0. The number of halogens is 1. The third-order valence-electron chi connectivity index (χ3n) is 5.67. The Morgan fingerprint density at radius 2 is 2.12 bits per heavy atom. The molecule has 2 fully saturated rings. The maximum absolute atomic E-state index is 6.24. The molecule has 1 aromatic carbocycles. The average molecular weight is 363 g/mol. The number of ether oxygens (including phenoxy) is 2. The van der Waals surface area contributed by atoms with Crippen LogP contribution in [0.2, 0.25) is 5.02 Å². The topological polar surface area (TPSA) is 21.8 Å². The summed E-state index contributed by atoms with van der Waals surface area (Å²) in [5.74, 6) is 0. The van der Waals surface area contributed by atoms with Gasteiger partial charge in [0, 0.05) is 10.4 Å². The molecule has 0 spiro atoms. The summed E-state index contributed by atoms with van der Waals surface area (Å²) < 4.78 is 12.4. The van der Waals surface area contributed by atoms with Crippen molar-refractivity contribution in [3.05, 3.63) is 57.2 Å². The van der Waals surface area contributed by atoms with Crippen molar-refractivity contribution >= 4 is 22.9 Å². The average Bonchev–Trinajstić information content (AvgIpc) is 3.03. The predicted molar refractivity (Wildman–Crippen MR) is 98.7 cm³/mol. The van der Waals surface area contributed by atoms with E-state index in [1.54, 1.807) is 11.3 Å². The lowest BCUT2D eigenvalue weighted by molar-refractivity contribution is -0.0265. The fourth-order valence-electron chi connectivity index (χ4n) is 4.27. The van der Waals surface area contributed by atoms with E-state index in [4.69, 9.17) is 21.1 Å². The minimum absolute atomic E-state index is 0.148. The Bertz CT molecular complexity index is 716. The Morgan fingerprint density at radius 1 is 1.29 bits per heavy atom. The van der Waals surface area contributed by atoms with Crippen LogP contribution < -0.4 is 0 Å². The molecule has 4 atom stereocenters. The van der Waals surface area contributed by atoms with Crippen molar-refractivity contribution in [2.45, 2.75) is 57.5 Å². The van der Waals surface area contributed by atoms with E-state index in [0.29, 0.717) is 6.61 Å². The number of fused-ring (bicyclic) bond motifs is 1. The van der Waals surface area contributed by atoms with Gasteiger partial charge in [0.05, 0.1) is 18.8 Å². The Balaban J connectivity index is 1.42. The first-order chi connectivity index (χ1) is 11.5. The first kappa shape index (κ1) is 16.6. The van der Waals surface area contributed by atoms with Crippen LogP contribution in [0, 0.1) is 5.41 Å². The number of epoxide rings is 1. The Morgan fingerprint density at radius 3 is 2.88 bits per heavy atom. The largest absolute Gasteiger partial charge is 0.370 e. The summed E-state index contributed by atoms with van der Waals surface area (Å²) in [6.07, 6.45) is 3.70. The molecule has 2 nitrogen and oxygen atoms in total. The van der Waals surface area contributed by atoms with Gasteiger partial charge in [-0.25, -0.2) is 0 Å². The molecule has 128 valence electrons. The zero-order chi connectivity index (χ0) is 16.8. The normalized spacial score (nSPS) is 34.8. The predicted octanol–water partition coefficient (Wildman–Crippen LogP) is 5.49. The quantitative estimate of drug-likeness (QED) is 0.656. The minimum Gasteiger partial charge on any atom is -0.370 e. The third kappa shape index (κ3) is 2.92. The van der Waals surface area contributed by atoms with Gasteiger partial charge in [0.1, 0.15) is 5.60 Å². The van der Waals surface area contributed by atoms with E-state index in [1.807, 2.05) is 24.3 Å². The Kier molecular flexibility index (Phi) is 4.24. The van der Waals surface area contributed by atoms with E-state index in [9.17, 15) is 0 Å². The molecule has 0 amide bonds. The first-order valence-corrected chi connectivity index (χ1v) is 9.87. The molecule has 2 aromatic rings. The van der Waals surface area contributed by atoms with Gasteiger partial charge in [0.15, 0.2) is 0 Å². The van der Waals surface area contributed by atoms with Crippen molar-refractivity contribution in [2.24, 2.45) is 5.41 Å². The monoisotopic (exact) mass is 362 g/mol. The van der Waals surface area contributed by atoms with Crippen molar-refractivity contribution < 1.29 is 9.47 Å². The van der Waals surface area contributed by atoms with Crippen LogP contribution in [0.5, 0.6) is 0 Å². The zero-order valence-electron chi connectivity index (χ0n) is 14.1. The van der Waals surface area contributed by atoms with Crippen molar-refractivity contribution in [3.8, 4) is 0 Å². The van der Waals surface area contributed by atoms with Gasteiger partial charge in [-0.3, -0.25) is 0 Å². The maximum Gasteiger partial charge on any atom is 0.119 e. The molecule has 1 aliphatic heterocycles. The number of benzene rings is 1. The van der Waals surface area contributed by atoms with Crippen LogP contribution >= 0.6 is 22.9 Å². The molecule has 1 saturated carbocycles. The van der Waals surface area contributed by atoms with Gasteiger partial charge in [-0.2, -0.15) is 11.3 Å². The SMILES string of the molecule is CC1(Cc2ccsc2)CC[C@@H](OCc2ccccc2Cl)[C@@]2(C)O[C@@H]12. The molecule has 1 saturated heterocycles. The molecule has 1 aliphatic carbocycles. The van der Waals surface area contributed by atoms with Gasteiger partial charge in [0.25, 0.3) is 0 Å². The van der Waals surface area contributed by atoms with E-state index in [1.165, 1.54) is 5.56 Å². The molecule has 1 aromatic heterocycles. The highest BCUT2D eigenvalue weighted by atomic mass is 35.5. The van der Waals surface area contributed by atoms with Gasteiger partial charge in [-0.15, -0.1) is 0 Å². The van der Waals surface area contributed by atoms with Gasteiger partial charge in [-0.1, -0.05) is 36.7 Å². The highest BCUT2D eigenvalue weighted by Gasteiger charge is 2.67. The molecular formula is C20H23ClO2S. The van der Waals surface area contributed by atoms with Crippen LogP contribution in [0.4, 0.5) is 0 Å². The van der Waals surface area contributed by atoms with Crippen LogP contribution in [-0.4, -0.2) is 17.8 Å². The second kappa shape index (κ2) is 6.14. The molecule has 1 unspecified atom stereocenters. The van der Waals surface area contributed by atoms with Crippen LogP contribution in [0.3, 0.4) is 0 Å². The summed E-state index contributed by atoms with van der Waals surface area (Å²) in [5, 5.41) is 5.18. The maximum atomic E-state index is 6.24. The number of thiophene rings is 1. The van der Waals surface area contributed by atoms with E-state index in [2.05, 4.69) is 30.7 Å². The summed E-state index contributed by atoms with van der Waals surface area (Å²) in [6.45, 7) is 5.13.